The number of hydrogen-bond donors (Lipinski definition) is 2. The first-order valence-electron chi connectivity index (χ1n) is 6.49. The summed E-state index contributed by atoms with van der Waals surface area (Å²) in [5, 5.41) is 16.7. The van der Waals surface area contributed by atoms with Gasteiger partial charge in [0.25, 0.3) is 5.95 Å². The standard InChI is InChI=1S/C11H19N5O3S/c1-8-9(2)13-14-11(12-8)15-20(18,19)16-5-3-4-10(6-16)7-17/h10,17H,3-7H2,1-2H3,(H,12,14,15). The van der Waals surface area contributed by atoms with Crippen LogP contribution >= 0.6 is 0 Å². The fourth-order valence-electron chi connectivity index (χ4n) is 2.07. The highest BCUT2D eigenvalue weighted by atomic mass is 32.2. The highest BCUT2D eigenvalue weighted by molar-refractivity contribution is 7.90. The molecule has 1 aliphatic rings. The number of nitrogens with one attached hydrogen (secondary N) is 1. The van der Waals surface area contributed by atoms with Gasteiger partial charge in [-0.15, -0.1) is 5.10 Å². The summed E-state index contributed by atoms with van der Waals surface area (Å²) in [5.41, 5.74) is 1.29. The molecule has 1 unspecified atom stereocenters. The van der Waals surface area contributed by atoms with Crippen molar-refractivity contribution in [3.05, 3.63) is 11.4 Å². The van der Waals surface area contributed by atoms with Gasteiger partial charge in [-0.25, -0.2) is 9.71 Å². The molecule has 0 bridgehead atoms. The zero-order valence-electron chi connectivity index (χ0n) is 11.6. The summed E-state index contributed by atoms with van der Waals surface area (Å²) in [6.45, 7) is 4.23. The second kappa shape index (κ2) is 5.98. The average molecular weight is 301 g/mol. The van der Waals surface area contributed by atoms with E-state index in [1.165, 1.54) is 4.31 Å². The van der Waals surface area contributed by atoms with Crippen LogP contribution in [-0.2, 0) is 10.2 Å². The molecule has 0 aromatic carbocycles. The molecule has 0 radical (unpaired) electrons. The number of piperidine rings is 1. The lowest BCUT2D eigenvalue weighted by atomic mass is 10.0. The maximum Gasteiger partial charge on any atom is 0.304 e. The third kappa shape index (κ3) is 3.41. The second-order valence-electron chi connectivity index (χ2n) is 4.96. The van der Waals surface area contributed by atoms with Gasteiger partial charge in [0, 0.05) is 19.7 Å². The monoisotopic (exact) mass is 301 g/mol. The number of aliphatic hydroxyl groups excluding tert-OH is 1. The Morgan fingerprint density at radius 2 is 2.10 bits per heavy atom. The van der Waals surface area contributed by atoms with Crippen molar-refractivity contribution in [2.24, 2.45) is 5.92 Å². The van der Waals surface area contributed by atoms with Gasteiger partial charge in [0.2, 0.25) is 0 Å². The van der Waals surface area contributed by atoms with Gasteiger partial charge in [0.15, 0.2) is 0 Å². The smallest absolute Gasteiger partial charge is 0.304 e. The summed E-state index contributed by atoms with van der Waals surface area (Å²) < 4.78 is 28.1. The van der Waals surface area contributed by atoms with Crippen LogP contribution in [0.1, 0.15) is 24.2 Å². The highest BCUT2D eigenvalue weighted by Crippen LogP contribution is 2.19. The Balaban J connectivity index is 2.12. The molecule has 112 valence electrons. The van der Waals surface area contributed by atoms with Crippen molar-refractivity contribution < 1.29 is 13.5 Å². The van der Waals surface area contributed by atoms with Crippen LogP contribution in [0.4, 0.5) is 5.95 Å². The number of nitrogens with zero attached hydrogens (tertiary/aromatic N) is 4. The summed E-state index contributed by atoms with van der Waals surface area (Å²) in [4.78, 5) is 4.05. The average Bonchev–Trinajstić information content (AvgIpc) is 2.43. The van der Waals surface area contributed by atoms with Crippen molar-refractivity contribution in [1.29, 1.82) is 0 Å². The van der Waals surface area contributed by atoms with Crippen LogP contribution in [0.2, 0.25) is 0 Å². The maximum atomic E-state index is 12.2. The molecule has 1 aliphatic heterocycles. The molecule has 0 amide bonds. The van der Waals surface area contributed by atoms with Crippen LogP contribution in [0.5, 0.6) is 0 Å². The van der Waals surface area contributed by atoms with Gasteiger partial charge in [-0.3, -0.25) is 0 Å². The molecule has 1 aromatic rings. The zero-order chi connectivity index (χ0) is 14.8. The Morgan fingerprint density at radius 3 is 2.75 bits per heavy atom. The van der Waals surface area contributed by atoms with Crippen LogP contribution in [-0.4, -0.2) is 52.7 Å². The molecule has 1 aromatic heterocycles. The number of aromatic nitrogens is 3. The minimum atomic E-state index is -3.70. The molecule has 1 atom stereocenters. The molecule has 2 rings (SSSR count). The van der Waals surface area contributed by atoms with Gasteiger partial charge < -0.3 is 5.11 Å². The molecular weight excluding hydrogens is 282 g/mol. The van der Waals surface area contributed by atoms with E-state index in [1.54, 1.807) is 13.8 Å². The topological polar surface area (TPSA) is 108 Å². The van der Waals surface area contributed by atoms with E-state index >= 15 is 0 Å². The Bertz CT molecular complexity index is 577. The summed E-state index contributed by atoms with van der Waals surface area (Å²) >= 11 is 0. The second-order valence-corrected chi connectivity index (χ2v) is 6.63. The molecule has 0 aliphatic carbocycles. The van der Waals surface area contributed by atoms with Crippen molar-refractivity contribution in [1.82, 2.24) is 19.5 Å². The molecule has 2 heterocycles. The maximum absolute atomic E-state index is 12.2. The largest absolute Gasteiger partial charge is 0.396 e. The fourth-order valence-corrected chi connectivity index (χ4v) is 3.30. The van der Waals surface area contributed by atoms with E-state index in [1.807, 2.05) is 0 Å². The SMILES string of the molecule is Cc1nnc(NS(=O)(=O)N2CCCC(CO)C2)nc1C. The number of anilines is 1. The van der Waals surface area contributed by atoms with Gasteiger partial charge in [-0.2, -0.15) is 17.8 Å². The van der Waals surface area contributed by atoms with Gasteiger partial charge in [0.1, 0.15) is 0 Å². The van der Waals surface area contributed by atoms with E-state index in [9.17, 15) is 8.42 Å². The molecule has 20 heavy (non-hydrogen) atoms. The lowest BCUT2D eigenvalue weighted by molar-refractivity contribution is 0.166. The van der Waals surface area contributed by atoms with Crippen LogP contribution < -0.4 is 4.72 Å². The number of aryl methyl sites for hydroxylation is 2. The molecule has 0 spiro atoms. The van der Waals surface area contributed by atoms with E-state index in [0.717, 1.165) is 12.8 Å². The minimum Gasteiger partial charge on any atom is -0.396 e. The van der Waals surface area contributed by atoms with Crippen molar-refractivity contribution >= 4 is 16.2 Å². The molecule has 8 nitrogen and oxygen atoms in total. The molecule has 2 N–H and O–H groups in total. The van der Waals surface area contributed by atoms with E-state index in [0.29, 0.717) is 24.5 Å². The first-order valence-corrected chi connectivity index (χ1v) is 7.93. The highest BCUT2D eigenvalue weighted by Gasteiger charge is 2.29. The Labute approximate surface area is 118 Å². The normalized spacial score (nSPS) is 20.9. The minimum absolute atomic E-state index is 0.00623. The van der Waals surface area contributed by atoms with Crippen molar-refractivity contribution in [3.8, 4) is 0 Å². The van der Waals surface area contributed by atoms with Crippen molar-refractivity contribution in [3.63, 3.8) is 0 Å². The predicted octanol–water partition coefficient (Wildman–Crippen LogP) is -0.151. The predicted molar refractivity (Wildman–Crippen MR) is 73.2 cm³/mol. The van der Waals surface area contributed by atoms with Gasteiger partial charge >= 0.3 is 10.2 Å². The third-order valence-corrected chi connectivity index (χ3v) is 4.84. The molecular formula is C11H19N5O3S. The van der Waals surface area contributed by atoms with Gasteiger partial charge in [0.05, 0.1) is 11.4 Å². The van der Waals surface area contributed by atoms with E-state index in [2.05, 4.69) is 19.9 Å². The van der Waals surface area contributed by atoms with Crippen molar-refractivity contribution in [2.75, 3.05) is 24.4 Å². The Morgan fingerprint density at radius 1 is 1.35 bits per heavy atom. The Kier molecular flexibility index (Phi) is 4.51. The van der Waals surface area contributed by atoms with Crippen molar-refractivity contribution in [2.45, 2.75) is 26.7 Å². The fraction of sp³-hybridized carbons (Fsp3) is 0.727. The summed E-state index contributed by atoms with van der Waals surface area (Å²) in [5.74, 6) is -0.0432. The lowest BCUT2D eigenvalue weighted by Crippen LogP contribution is -2.43. The van der Waals surface area contributed by atoms with Crippen LogP contribution in [0.3, 0.4) is 0 Å². The molecule has 1 fully saturated rings. The van der Waals surface area contributed by atoms with Crippen LogP contribution in [0, 0.1) is 19.8 Å². The quantitative estimate of drug-likeness (QED) is 0.800. The molecule has 9 heteroatoms. The van der Waals surface area contributed by atoms with E-state index < -0.39 is 10.2 Å². The summed E-state index contributed by atoms with van der Waals surface area (Å²) in [6.07, 6.45) is 1.57. The van der Waals surface area contributed by atoms with Gasteiger partial charge in [-0.1, -0.05) is 0 Å². The summed E-state index contributed by atoms with van der Waals surface area (Å²) in [6, 6.07) is 0. The first kappa shape index (κ1) is 15.1. The Hall–Kier alpha value is -1.32. The number of rotatable bonds is 4. The van der Waals surface area contributed by atoms with E-state index in [4.69, 9.17) is 5.11 Å². The van der Waals surface area contributed by atoms with Crippen LogP contribution in [0.25, 0.3) is 0 Å². The van der Waals surface area contributed by atoms with Crippen LogP contribution in [0.15, 0.2) is 0 Å². The molecule has 1 saturated heterocycles. The first-order chi connectivity index (χ1) is 9.42. The lowest BCUT2D eigenvalue weighted by Gasteiger charge is -2.30. The number of aliphatic hydroxyl groups is 1. The number of hydrogen-bond acceptors (Lipinski definition) is 6. The van der Waals surface area contributed by atoms with Gasteiger partial charge in [-0.05, 0) is 32.6 Å². The summed E-state index contributed by atoms with van der Waals surface area (Å²) in [7, 11) is -3.70. The third-order valence-electron chi connectivity index (χ3n) is 3.39. The van der Waals surface area contributed by atoms with E-state index in [-0.39, 0.29) is 18.5 Å². The molecule has 0 saturated carbocycles. The zero-order valence-corrected chi connectivity index (χ0v) is 12.4.